The second-order valence-electron chi connectivity index (χ2n) is 4.55. The molecule has 2 rings (SSSR count). The van der Waals surface area contributed by atoms with Gasteiger partial charge in [0, 0.05) is 32.8 Å². The number of aromatic nitrogens is 2. The van der Waals surface area contributed by atoms with Crippen LogP contribution in [-0.2, 0) is 22.5 Å². The van der Waals surface area contributed by atoms with Crippen molar-refractivity contribution in [3.05, 3.63) is 40.3 Å². The highest BCUT2D eigenvalue weighted by atomic mass is 32.1. The van der Waals surface area contributed by atoms with Crippen molar-refractivity contribution < 1.29 is 9.53 Å². The van der Waals surface area contributed by atoms with Gasteiger partial charge in [-0.3, -0.25) is 9.89 Å². The van der Waals surface area contributed by atoms with Gasteiger partial charge in [0.1, 0.15) is 0 Å². The van der Waals surface area contributed by atoms with Crippen LogP contribution in [0.1, 0.15) is 17.5 Å². The fourth-order valence-electron chi connectivity index (χ4n) is 1.92. The summed E-state index contributed by atoms with van der Waals surface area (Å²) in [5, 5.41) is 10.7. The summed E-state index contributed by atoms with van der Waals surface area (Å²) in [6.45, 7) is 1.83. The fraction of sp³-hybridized carbons (Fsp3) is 0.429. The van der Waals surface area contributed by atoms with Crippen molar-refractivity contribution >= 4 is 17.2 Å². The number of methoxy groups -OCH3 is 1. The lowest BCUT2D eigenvalue weighted by molar-refractivity contribution is -0.132. The molecule has 0 atom stereocenters. The first-order valence-corrected chi connectivity index (χ1v) is 7.49. The van der Waals surface area contributed by atoms with E-state index in [0.717, 1.165) is 5.56 Å². The summed E-state index contributed by atoms with van der Waals surface area (Å²) >= 11 is 1.65. The van der Waals surface area contributed by atoms with E-state index >= 15 is 0 Å². The molecule has 20 heavy (non-hydrogen) atoms. The third kappa shape index (κ3) is 4.47. The van der Waals surface area contributed by atoms with Crippen LogP contribution in [0.15, 0.2) is 29.2 Å². The van der Waals surface area contributed by atoms with E-state index < -0.39 is 0 Å². The summed E-state index contributed by atoms with van der Waals surface area (Å²) < 4.78 is 5.09. The molecule has 0 spiro atoms. The van der Waals surface area contributed by atoms with Crippen molar-refractivity contribution in [3.8, 4) is 0 Å². The summed E-state index contributed by atoms with van der Waals surface area (Å²) in [6, 6.07) is 2.05. The number of thiophene rings is 1. The molecule has 5 nitrogen and oxygen atoms in total. The average molecular weight is 293 g/mol. The molecule has 0 unspecified atom stereocenters. The topological polar surface area (TPSA) is 58.2 Å². The molecular weight excluding hydrogens is 274 g/mol. The van der Waals surface area contributed by atoms with Gasteiger partial charge < -0.3 is 9.64 Å². The first-order chi connectivity index (χ1) is 9.79. The van der Waals surface area contributed by atoms with Gasteiger partial charge in [-0.2, -0.15) is 16.4 Å². The quantitative estimate of drug-likeness (QED) is 0.810. The van der Waals surface area contributed by atoms with Gasteiger partial charge in [0.25, 0.3) is 0 Å². The van der Waals surface area contributed by atoms with E-state index in [-0.39, 0.29) is 5.91 Å². The van der Waals surface area contributed by atoms with Crippen molar-refractivity contribution in [2.75, 3.05) is 20.3 Å². The van der Waals surface area contributed by atoms with Crippen LogP contribution in [0.3, 0.4) is 0 Å². The van der Waals surface area contributed by atoms with E-state index in [1.54, 1.807) is 24.6 Å². The Morgan fingerprint density at radius 3 is 3.05 bits per heavy atom. The lowest BCUT2D eigenvalue weighted by atomic mass is 10.2. The maximum absolute atomic E-state index is 12.3. The van der Waals surface area contributed by atoms with Crippen LogP contribution in [0, 0.1) is 0 Å². The number of ether oxygens (including phenoxy) is 1. The van der Waals surface area contributed by atoms with Crippen molar-refractivity contribution in [2.24, 2.45) is 0 Å². The predicted molar refractivity (Wildman–Crippen MR) is 78.5 cm³/mol. The van der Waals surface area contributed by atoms with Crippen LogP contribution in [0.2, 0.25) is 0 Å². The van der Waals surface area contributed by atoms with Gasteiger partial charge in [0.15, 0.2) is 0 Å². The Hall–Kier alpha value is -1.66. The van der Waals surface area contributed by atoms with Crippen molar-refractivity contribution in [3.63, 3.8) is 0 Å². The highest BCUT2D eigenvalue weighted by Crippen LogP contribution is 2.11. The second kappa shape index (κ2) is 7.81. The van der Waals surface area contributed by atoms with Crippen molar-refractivity contribution in [2.45, 2.75) is 19.4 Å². The number of hydrogen-bond acceptors (Lipinski definition) is 4. The number of H-pyrrole nitrogens is 1. The molecule has 2 heterocycles. The largest absolute Gasteiger partial charge is 0.383 e. The van der Waals surface area contributed by atoms with Crippen LogP contribution in [-0.4, -0.2) is 41.3 Å². The third-order valence-electron chi connectivity index (χ3n) is 3.05. The zero-order valence-electron chi connectivity index (χ0n) is 11.5. The highest BCUT2D eigenvalue weighted by Gasteiger charge is 2.14. The standard InChI is InChI=1S/C14H19N3O2S/c1-19-6-5-17(10-13-4-7-20-11-13)14(18)3-2-12-8-15-16-9-12/h4,7-9,11H,2-3,5-6,10H2,1H3,(H,15,16). The first kappa shape index (κ1) is 14.7. The van der Waals surface area contributed by atoms with Gasteiger partial charge in [-0.15, -0.1) is 0 Å². The molecule has 0 saturated carbocycles. The smallest absolute Gasteiger partial charge is 0.223 e. The average Bonchev–Trinajstić information content (AvgIpc) is 3.13. The van der Waals surface area contributed by atoms with Gasteiger partial charge in [-0.05, 0) is 34.4 Å². The number of carbonyl (C=O) groups excluding carboxylic acids is 1. The molecule has 0 fully saturated rings. The Kier molecular flexibility index (Phi) is 5.76. The number of amides is 1. The fourth-order valence-corrected chi connectivity index (χ4v) is 2.58. The van der Waals surface area contributed by atoms with Crippen LogP contribution < -0.4 is 0 Å². The molecule has 108 valence electrons. The molecule has 0 saturated heterocycles. The van der Waals surface area contributed by atoms with Gasteiger partial charge >= 0.3 is 0 Å². The minimum atomic E-state index is 0.148. The van der Waals surface area contributed by atoms with Gasteiger partial charge in [0.05, 0.1) is 12.8 Å². The molecule has 0 bridgehead atoms. The number of rotatable bonds is 8. The molecule has 0 aromatic carbocycles. The first-order valence-electron chi connectivity index (χ1n) is 6.55. The van der Waals surface area contributed by atoms with Crippen molar-refractivity contribution in [1.82, 2.24) is 15.1 Å². The molecule has 2 aromatic rings. The lowest BCUT2D eigenvalue weighted by Crippen LogP contribution is -2.33. The van der Waals surface area contributed by atoms with Gasteiger partial charge in [-0.1, -0.05) is 0 Å². The number of aromatic amines is 1. The SMILES string of the molecule is COCCN(Cc1ccsc1)C(=O)CCc1cn[nH]c1. The van der Waals surface area contributed by atoms with E-state index in [0.29, 0.717) is 32.5 Å². The van der Waals surface area contributed by atoms with Crippen LogP contribution in [0.4, 0.5) is 0 Å². The summed E-state index contributed by atoms with van der Waals surface area (Å²) in [6.07, 6.45) is 4.78. The van der Waals surface area contributed by atoms with E-state index in [9.17, 15) is 4.79 Å². The Labute approximate surface area is 122 Å². The number of aryl methyl sites for hydroxylation is 1. The van der Waals surface area contributed by atoms with E-state index in [1.807, 2.05) is 22.5 Å². The Morgan fingerprint density at radius 2 is 2.40 bits per heavy atom. The van der Waals surface area contributed by atoms with Crippen LogP contribution in [0.5, 0.6) is 0 Å². The number of carbonyl (C=O) groups is 1. The molecule has 0 aliphatic heterocycles. The van der Waals surface area contributed by atoms with E-state index in [2.05, 4.69) is 15.6 Å². The maximum atomic E-state index is 12.3. The highest BCUT2D eigenvalue weighted by molar-refractivity contribution is 7.07. The summed E-state index contributed by atoms with van der Waals surface area (Å²) in [4.78, 5) is 14.2. The van der Waals surface area contributed by atoms with Gasteiger partial charge in [-0.25, -0.2) is 0 Å². The Morgan fingerprint density at radius 1 is 1.50 bits per heavy atom. The number of nitrogens with one attached hydrogen (secondary N) is 1. The van der Waals surface area contributed by atoms with Crippen LogP contribution in [0.25, 0.3) is 0 Å². The minimum Gasteiger partial charge on any atom is -0.383 e. The maximum Gasteiger partial charge on any atom is 0.223 e. The molecule has 0 radical (unpaired) electrons. The molecule has 1 N–H and O–H groups in total. The Balaban J connectivity index is 1.89. The lowest BCUT2D eigenvalue weighted by Gasteiger charge is -2.22. The zero-order chi connectivity index (χ0) is 14.2. The van der Waals surface area contributed by atoms with E-state index in [4.69, 9.17) is 4.74 Å². The van der Waals surface area contributed by atoms with E-state index in [1.165, 1.54) is 5.56 Å². The number of hydrogen-bond donors (Lipinski definition) is 1. The van der Waals surface area contributed by atoms with Crippen molar-refractivity contribution in [1.29, 1.82) is 0 Å². The molecule has 0 aliphatic carbocycles. The summed E-state index contributed by atoms with van der Waals surface area (Å²) in [7, 11) is 1.65. The number of nitrogens with zero attached hydrogens (tertiary/aromatic N) is 2. The molecule has 0 aliphatic rings. The minimum absolute atomic E-state index is 0.148. The molecule has 1 amide bonds. The molecule has 6 heteroatoms. The van der Waals surface area contributed by atoms with Crippen LogP contribution >= 0.6 is 11.3 Å². The zero-order valence-corrected chi connectivity index (χ0v) is 12.4. The third-order valence-corrected chi connectivity index (χ3v) is 3.79. The predicted octanol–water partition coefficient (Wildman–Crippen LogP) is 2.08. The molecular formula is C14H19N3O2S. The normalized spacial score (nSPS) is 10.7. The molecule has 2 aromatic heterocycles. The monoisotopic (exact) mass is 293 g/mol. The summed E-state index contributed by atoms with van der Waals surface area (Å²) in [5.74, 6) is 0.148. The second-order valence-corrected chi connectivity index (χ2v) is 5.33. The van der Waals surface area contributed by atoms with Gasteiger partial charge in [0.2, 0.25) is 5.91 Å². The Bertz CT molecular complexity index is 496. The summed E-state index contributed by atoms with van der Waals surface area (Å²) in [5.41, 5.74) is 2.23.